The van der Waals surface area contributed by atoms with Gasteiger partial charge in [-0.15, -0.1) is 0 Å². The normalized spacial score (nSPS) is 19.2. The average Bonchev–Trinajstić information content (AvgIpc) is 2.48. The van der Waals surface area contributed by atoms with E-state index in [2.05, 4.69) is 21.9 Å². The van der Waals surface area contributed by atoms with Crippen LogP contribution in [0.4, 0.5) is 0 Å². The first-order chi connectivity index (χ1) is 7.58. The molecule has 1 aromatic heterocycles. The molecule has 0 saturated carbocycles. The van der Waals surface area contributed by atoms with E-state index in [1.54, 1.807) is 4.68 Å². The summed E-state index contributed by atoms with van der Waals surface area (Å²) in [5.41, 5.74) is 2.22. The van der Waals surface area contributed by atoms with Crippen molar-refractivity contribution < 1.29 is 0 Å². The molecule has 2 heterocycles. The van der Waals surface area contributed by atoms with E-state index in [0.29, 0.717) is 0 Å². The number of nitrogens with zero attached hydrogens (tertiary/aromatic N) is 4. The van der Waals surface area contributed by atoms with Gasteiger partial charge in [0.1, 0.15) is 5.15 Å². The maximum atomic E-state index is 6.23. The molecular formula is C11H19ClN4. The summed E-state index contributed by atoms with van der Waals surface area (Å²) in [6, 6.07) is 0. The van der Waals surface area contributed by atoms with Crippen LogP contribution in [0.5, 0.6) is 0 Å². The van der Waals surface area contributed by atoms with E-state index in [0.717, 1.165) is 43.6 Å². The standard InChI is InChI=1S/C11H19ClN4/c1-9-10(11(12)15(3)13-9)8-16-6-4-14(2)5-7-16/h4-8H2,1-3H3. The number of aryl methyl sites for hydroxylation is 2. The van der Waals surface area contributed by atoms with Crippen molar-refractivity contribution in [2.24, 2.45) is 7.05 Å². The van der Waals surface area contributed by atoms with E-state index in [-0.39, 0.29) is 0 Å². The number of hydrogen-bond donors (Lipinski definition) is 0. The number of aromatic nitrogens is 2. The monoisotopic (exact) mass is 242 g/mol. The van der Waals surface area contributed by atoms with E-state index in [1.165, 1.54) is 5.56 Å². The van der Waals surface area contributed by atoms with E-state index in [9.17, 15) is 0 Å². The van der Waals surface area contributed by atoms with Crippen molar-refractivity contribution in [2.45, 2.75) is 13.5 Å². The zero-order valence-corrected chi connectivity index (χ0v) is 11.0. The highest BCUT2D eigenvalue weighted by Crippen LogP contribution is 2.20. The Hall–Kier alpha value is -0.580. The summed E-state index contributed by atoms with van der Waals surface area (Å²) in [6.45, 7) is 7.44. The summed E-state index contributed by atoms with van der Waals surface area (Å²) in [5.74, 6) is 0. The fraction of sp³-hybridized carbons (Fsp3) is 0.727. The van der Waals surface area contributed by atoms with Gasteiger partial charge >= 0.3 is 0 Å². The fourth-order valence-corrected chi connectivity index (χ4v) is 2.32. The Kier molecular flexibility index (Phi) is 3.52. The van der Waals surface area contributed by atoms with Gasteiger partial charge in [-0.1, -0.05) is 11.6 Å². The number of rotatable bonds is 2. The Bertz CT molecular complexity index is 366. The zero-order chi connectivity index (χ0) is 11.7. The third-order valence-electron chi connectivity index (χ3n) is 3.25. The number of hydrogen-bond acceptors (Lipinski definition) is 3. The van der Waals surface area contributed by atoms with E-state index >= 15 is 0 Å². The summed E-state index contributed by atoms with van der Waals surface area (Å²) in [5, 5.41) is 5.11. The Morgan fingerprint density at radius 2 is 1.81 bits per heavy atom. The van der Waals surface area contributed by atoms with Crippen LogP contribution in [0.25, 0.3) is 0 Å². The lowest BCUT2D eigenvalue weighted by Gasteiger charge is -2.32. The quantitative estimate of drug-likeness (QED) is 0.777. The molecule has 2 rings (SSSR count). The molecule has 0 bridgehead atoms. The topological polar surface area (TPSA) is 24.3 Å². The molecular weight excluding hydrogens is 224 g/mol. The molecule has 0 N–H and O–H groups in total. The lowest BCUT2D eigenvalue weighted by molar-refractivity contribution is 0.148. The summed E-state index contributed by atoms with van der Waals surface area (Å²) >= 11 is 6.23. The van der Waals surface area contributed by atoms with Gasteiger partial charge in [0.25, 0.3) is 0 Å². The third-order valence-corrected chi connectivity index (χ3v) is 3.72. The highest BCUT2D eigenvalue weighted by atomic mass is 35.5. The fourth-order valence-electron chi connectivity index (χ4n) is 2.08. The van der Waals surface area contributed by atoms with Crippen LogP contribution in [0.2, 0.25) is 5.15 Å². The summed E-state index contributed by atoms with van der Waals surface area (Å²) in [6.07, 6.45) is 0. The van der Waals surface area contributed by atoms with Gasteiger partial charge in [-0.05, 0) is 14.0 Å². The first-order valence-corrected chi connectivity index (χ1v) is 6.04. The first kappa shape index (κ1) is 11.9. The van der Waals surface area contributed by atoms with Crippen molar-refractivity contribution in [3.63, 3.8) is 0 Å². The molecule has 0 unspecified atom stereocenters. The molecule has 0 amide bonds. The van der Waals surface area contributed by atoms with Crippen LogP contribution in [0.15, 0.2) is 0 Å². The summed E-state index contributed by atoms with van der Waals surface area (Å²) in [7, 11) is 4.06. The Labute approximate surface area is 102 Å². The van der Waals surface area contributed by atoms with E-state index in [4.69, 9.17) is 11.6 Å². The van der Waals surface area contributed by atoms with Gasteiger partial charge in [-0.3, -0.25) is 9.58 Å². The minimum absolute atomic E-state index is 0.774. The van der Waals surface area contributed by atoms with Gasteiger partial charge in [-0.2, -0.15) is 5.10 Å². The van der Waals surface area contributed by atoms with Crippen molar-refractivity contribution in [2.75, 3.05) is 33.2 Å². The Balaban J connectivity index is 2.03. The van der Waals surface area contributed by atoms with Crippen LogP contribution >= 0.6 is 11.6 Å². The maximum absolute atomic E-state index is 6.23. The third kappa shape index (κ3) is 2.39. The van der Waals surface area contributed by atoms with Crippen LogP contribution in [-0.2, 0) is 13.6 Å². The second kappa shape index (κ2) is 4.73. The molecule has 0 aromatic carbocycles. The lowest BCUT2D eigenvalue weighted by Crippen LogP contribution is -2.43. The van der Waals surface area contributed by atoms with Gasteiger partial charge < -0.3 is 4.90 Å². The molecule has 1 aromatic rings. The second-order valence-corrected chi connectivity index (χ2v) is 4.92. The summed E-state index contributed by atoms with van der Waals surface area (Å²) < 4.78 is 1.75. The van der Waals surface area contributed by atoms with Gasteiger partial charge in [0, 0.05) is 45.3 Å². The van der Waals surface area contributed by atoms with E-state index < -0.39 is 0 Å². The van der Waals surface area contributed by atoms with Gasteiger partial charge in [0.05, 0.1) is 5.69 Å². The molecule has 1 saturated heterocycles. The molecule has 16 heavy (non-hydrogen) atoms. The van der Waals surface area contributed by atoms with Crippen molar-refractivity contribution in [3.05, 3.63) is 16.4 Å². The maximum Gasteiger partial charge on any atom is 0.131 e. The zero-order valence-electron chi connectivity index (χ0n) is 10.2. The smallest absolute Gasteiger partial charge is 0.131 e. The molecule has 5 heteroatoms. The number of piperazine rings is 1. The second-order valence-electron chi connectivity index (χ2n) is 4.56. The Morgan fingerprint density at radius 3 is 2.31 bits per heavy atom. The van der Waals surface area contributed by atoms with Crippen LogP contribution < -0.4 is 0 Å². The number of halogens is 1. The molecule has 1 fully saturated rings. The van der Waals surface area contributed by atoms with Crippen molar-refractivity contribution >= 4 is 11.6 Å². The minimum Gasteiger partial charge on any atom is -0.304 e. The molecule has 1 aliphatic heterocycles. The van der Waals surface area contributed by atoms with Gasteiger partial charge in [-0.25, -0.2) is 0 Å². The van der Waals surface area contributed by atoms with Gasteiger partial charge in [0.2, 0.25) is 0 Å². The highest BCUT2D eigenvalue weighted by molar-refractivity contribution is 6.30. The average molecular weight is 243 g/mol. The minimum atomic E-state index is 0.774. The van der Waals surface area contributed by atoms with Crippen LogP contribution in [0.1, 0.15) is 11.3 Å². The SMILES string of the molecule is Cc1nn(C)c(Cl)c1CN1CCN(C)CC1. The van der Waals surface area contributed by atoms with Crippen molar-refractivity contribution in [1.82, 2.24) is 19.6 Å². The lowest BCUT2D eigenvalue weighted by atomic mass is 10.2. The molecule has 90 valence electrons. The predicted molar refractivity (Wildman–Crippen MR) is 65.7 cm³/mol. The Morgan fingerprint density at radius 1 is 1.19 bits per heavy atom. The molecule has 4 nitrogen and oxygen atoms in total. The first-order valence-electron chi connectivity index (χ1n) is 5.67. The van der Waals surface area contributed by atoms with Crippen molar-refractivity contribution in [1.29, 1.82) is 0 Å². The highest BCUT2D eigenvalue weighted by Gasteiger charge is 2.18. The molecule has 0 aliphatic carbocycles. The number of likely N-dealkylation sites (N-methyl/N-ethyl adjacent to an activating group) is 1. The van der Waals surface area contributed by atoms with Crippen LogP contribution in [0.3, 0.4) is 0 Å². The van der Waals surface area contributed by atoms with Crippen LogP contribution in [-0.4, -0.2) is 52.8 Å². The molecule has 0 spiro atoms. The molecule has 0 radical (unpaired) electrons. The largest absolute Gasteiger partial charge is 0.304 e. The molecule has 0 atom stereocenters. The van der Waals surface area contributed by atoms with E-state index in [1.807, 2.05) is 14.0 Å². The van der Waals surface area contributed by atoms with Gasteiger partial charge in [0.15, 0.2) is 0 Å². The predicted octanol–water partition coefficient (Wildman–Crippen LogP) is 1.13. The van der Waals surface area contributed by atoms with Crippen molar-refractivity contribution in [3.8, 4) is 0 Å². The summed E-state index contributed by atoms with van der Waals surface area (Å²) in [4.78, 5) is 4.80. The van der Waals surface area contributed by atoms with Crippen LogP contribution in [0, 0.1) is 6.92 Å². The molecule has 1 aliphatic rings.